The molecule has 82 valence electrons. The molecule has 2 rings (SSSR count). The molecule has 2 N–H and O–H groups in total. The third kappa shape index (κ3) is 1.95. The number of aliphatic hydroxyl groups is 1. The van der Waals surface area contributed by atoms with Crippen molar-refractivity contribution >= 4 is 11.8 Å². The number of hydrogen-bond donors (Lipinski definition) is 2. The van der Waals surface area contributed by atoms with Crippen molar-refractivity contribution in [1.82, 2.24) is 5.32 Å². The first-order valence-electron chi connectivity index (χ1n) is 5.62. The van der Waals surface area contributed by atoms with E-state index in [1.807, 2.05) is 0 Å². The van der Waals surface area contributed by atoms with Gasteiger partial charge in [-0.15, -0.1) is 0 Å². The van der Waals surface area contributed by atoms with Gasteiger partial charge in [-0.25, -0.2) is 0 Å². The minimum absolute atomic E-state index is 0.0854. The standard InChI is InChI=1S/C11H21NOS/c1-11(2)9(6-10(11)13)12-8-4-3-5-14-7-8/h8-10,12-13H,3-7H2,1-2H3. The second-order valence-corrected chi connectivity index (χ2v) is 6.36. The van der Waals surface area contributed by atoms with E-state index in [4.69, 9.17) is 0 Å². The van der Waals surface area contributed by atoms with E-state index in [9.17, 15) is 5.11 Å². The highest BCUT2D eigenvalue weighted by Crippen LogP contribution is 2.41. The van der Waals surface area contributed by atoms with Crippen molar-refractivity contribution in [3.05, 3.63) is 0 Å². The van der Waals surface area contributed by atoms with Gasteiger partial charge in [0.05, 0.1) is 6.10 Å². The van der Waals surface area contributed by atoms with Crippen molar-refractivity contribution in [2.24, 2.45) is 5.41 Å². The summed E-state index contributed by atoms with van der Waals surface area (Å²) in [6, 6.07) is 1.21. The molecule has 3 unspecified atom stereocenters. The molecule has 0 bridgehead atoms. The van der Waals surface area contributed by atoms with Crippen LogP contribution >= 0.6 is 11.8 Å². The zero-order valence-electron chi connectivity index (χ0n) is 9.12. The topological polar surface area (TPSA) is 32.3 Å². The second-order valence-electron chi connectivity index (χ2n) is 5.21. The highest BCUT2D eigenvalue weighted by Gasteiger charge is 2.47. The molecule has 0 amide bonds. The van der Waals surface area contributed by atoms with Crippen LogP contribution in [-0.4, -0.2) is 34.8 Å². The van der Waals surface area contributed by atoms with E-state index in [1.165, 1.54) is 24.3 Å². The highest BCUT2D eigenvalue weighted by atomic mass is 32.2. The van der Waals surface area contributed by atoms with Crippen molar-refractivity contribution < 1.29 is 5.11 Å². The van der Waals surface area contributed by atoms with E-state index >= 15 is 0 Å². The lowest BCUT2D eigenvalue weighted by molar-refractivity contribution is -0.0754. The van der Waals surface area contributed by atoms with Crippen molar-refractivity contribution in [2.45, 2.75) is 51.3 Å². The fourth-order valence-corrected chi connectivity index (χ4v) is 3.43. The summed E-state index contributed by atoms with van der Waals surface area (Å²) in [6.07, 6.45) is 3.50. The second kappa shape index (κ2) is 4.03. The van der Waals surface area contributed by atoms with Gasteiger partial charge in [0.2, 0.25) is 0 Å². The lowest BCUT2D eigenvalue weighted by atomic mass is 9.64. The number of thioether (sulfide) groups is 1. The molecular formula is C11H21NOS. The van der Waals surface area contributed by atoms with Crippen LogP contribution in [0.1, 0.15) is 33.1 Å². The molecule has 1 saturated heterocycles. The molecule has 3 heteroatoms. The van der Waals surface area contributed by atoms with Gasteiger partial charge in [0.15, 0.2) is 0 Å². The van der Waals surface area contributed by atoms with Crippen LogP contribution < -0.4 is 5.32 Å². The van der Waals surface area contributed by atoms with E-state index in [0.717, 1.165) is 6.42 Å². The van der Waals surface area contributed by atoms with Gasteiger partial charge < -0.3 is 10.4 Å². The summed E-state index contributed by atoms with van der Waals surface area (Å²) in [4.78, 5) is 0. The molecule has 0 spiro atoms. The van der Waals surface area contributed by atoms with Crippen LogP contribution in [0.25, 0.3) is 0 Å². The Kier molecular flexibility index (Phi) is 3.10. The lowest BCUT2D eigenvalue weighted by Crippen LogP contribution is -2.62. The Labute approximate surface area is 90.8 Å². The molecule has 0 aromatic carbocycles. The smallest absolute Gasteiger partial charge is 0.0621 e. The van der Waals surface area contributed by atoms with Crippen molar-refractivity contribution in [1.29, 1.82) is 0 Å². The first kappa shape index (κ1) is 10.8. The first-order chi connectivity index (χ1) is 6.60. The van der Waals surface area contributed by atoms with E-state index < -0.39 is 0 Å². The molecule has 3 atom stereocenters. The average Bonchev–Trinajstić information content (AvgIpc) is 2.19. The summed E-state index contributed by atoms with van der Waals surface area (Å²) >= 11 is 2.06. The van der Waals surface area contributed by atoms with E-state index in [1.54, 1.807) is 0 Å². The maximum atomic E-state index is 9.63. The molecule has 14 heavy (non-hydrogen) atoms. The van der Waals surface area contributed by atoms with Gasteiger partial charge in [-0.1, -0.05) is 13.8 Å². The van der Waals surface area contributed by atoms with Crippen LogP contribution in [0.5, 0.6) is 0 Å². The van der Waals surface area contributed by atoms with Gasteiger partial charge in [-0.2, -0.15) is 11.8 Å². The molecule has 2 nitrogen and oxygen atoms in total. The summed E-state index contributed by atoms with van der Waals surface area (Å²) in [6.45, 7) is 4.32. The maximum Gasteiger partial charge on any atom is 0.0621 e. The molecule has 2 fully saturated rings. The van der Waals surface area contributed by atoms with Gasteiger partial charge in [0.25, 0.3) is 0 Å². The number of nitrogens with one attached hydrogen (secondary N) is 1. The maximum absolute atomic E-state index is 9.63. The minimum atomic E-state index is -0.101. The van der Waals surface area contributed by atoms with Crippen molar-refractivity contribution in [3.63, 3.8) is 0 Å². The SMILES string of the molecule is CC1(C)C(O)CC1NC1CCCSC1. The van der Waals surface area contributed by atoms with Gasteiger partial charge in [0, 0.05) is 23.3 Å². The first-order valence-corrected chi connectivity index (χ1v) is 6.78. The summed E-state index contributed by atoms with van der Waals surface area (Å²) in [5.74, 6) is 2.58. The number of rotatable bonds is 2. The number of hydrogen-bond acceptors (Lipinski definition) is 3. The fourth-order valence-electron chi connectivity index (χ4n) is 2.34. The molecule has 0 radical (unpaired) electrons. The van der Waals surface area contributed by atoms with Gasteiger partial charge >= 0.3 is 0 Å². The molecule has 0 aromatic rings. The molecular weight excluding hydrogens is 194 g/mol. The quantitative estimate of drug-likeness (QED) is 0.734. The van der Waals surface area contributed by atoms with E-state index in [0.29, 0.717) is 12.1 Å². The van der Waals surface area contributed by atoms with Crippen LogP contribution in [0.3, 0.4) is 0 Å². The Morgan fingerprint density at radius 3 is 2.71 bits per heavy atom. The van der Waals surface area contributed by atoms with E-state index in [2.05, 4.69) is 30.9 Å². The molecule has 0 aromatic heterocycles. The lowest BCUT2D eigenvalue weighted by Gasteiger charge is -2.51. The monoisotopic (exact) mass is 215 g/mol. The largest absolute Gasteiger partial charge is 0.392 e. The minimum Gasteiger partial charge on any atom is -0.392 e. The number of aliphatic hydroxyl groups excluding tert-OH is 1. The van der Waals surface area contributed by atoms with Gasteiger partial charge in [-0.05, 0) is 25.0 Å². The Hall–Kier alpha value is 0.270. The van der Waals surface area contributed by atoms with Crippen molar-refractivity contribution in [3.8, 4) is 0 Å². The van der Waals surface area contributed by atoms with Gasteiger partial charge in [-0.3, -0.25) is 0 Å². The summed E-state index contributed by atoms with van der Waals surface area (Å²) in [5, 5.41) is 13.3. The van der Waals surface area contributed by atoms with Crippen LogP contribution in [0.4, 0.5) is 0 Å². The molecule has 2 aliphatic rings. The Morgan fingerprint density at radius 2 is 2.21 bits per heavy atom. The Bertz CT molecular complexity index is 201. The summed E-state index contributed by atoms with van der Waals surface area (Å²) in [5.41, 5.74) is 0.0854. The molecule has 1 heterocycles. The molecule has 1 saturated carbocycles. The Balaban J connectivity index is 1.80. The fraction of sp³-hybridized carbons (Fsp3) is 1.00. The van der Waals surface area contributed by atoms with Crippen LogP contribution in [-0.2, 0) is 0 Å². The average molecular weight is 215 g/mol. The third-order valence-electron chi connectivity index (χ3n) is 3.81. The predicted octanol–water partition coefficient (Wildman–Crippen LogP) is 1.63. The predicted molar refractivity (Wildman–Crippen MR) is 61.7 cm³/mol. The summed E-state index contributed by atoms with van der Waals surface area (Å²) < 4.78 is 0. The summed E-state index contributed by atoms with van der Waals surface area (Å²) in [7, 11) is 0. The zero-order valence-corrected chi connectivity index (χ0v) is 9.94. The van der Waals surface area contributed by atoms with Crippen LogP contribution in [0.15, 0.2) is 0 Å². The van der Waals surface area contributed by atoms with Crippen LogP contribution in [0.2, 0.25) is 0 Å². The Morgan fingerprint density at radius 1 is 1.43 bits per heavy atom. The highest BCUT2D eigenvalue weighted by molar-refractivity contribution is 7.99. The zero-order chi connectivity index (χ0) is 10.2. The third-order valence-corrected chi connectivity index (χ3v) is 5.03. The van der Waals surface area contributed by atoms with Crippen molar-refractivity contribution in [2.75, 3.05) is 11.5 Å². The normalized spacial score (nSPS) is 41.8. The van der Waals surface area contributed by atoms with E-state index in [-0.39, 0.29) is 11.5 Å². The van der Waals surface area contributed by atoms with Crippen LogP contribution in [0, 0.1) is 5.41 Å². The molecule has 1 aliphatic heterocycles. The molecule has 1 aliphatic carbocycles. The van der Waals surface area contributed by atoms with Gasteiger partial charge in [0.1, 0.15) is 0 Å².